The summed E-state index contributed by atoms with van der Waals surface area (Å²) in [7, 11) is 0. The molecule has 0 radical (unpaired) electrons. The fourth-order valence-electron chi connectivity index (χ4n) is 7.69. The number of esters is 3. The number of unbranched alkanes of at least 4 members (excludes halogenated alkanes) is 12. The molecule has 6 unspecified atom stereocenters. The lowest BCUT2D eigenvalue weighted by molar-refractivity contribution is -0.301. The molecular formula is C63H98O12. The molecule has 1 saturated heterocycles. The van der Waals surface area contributed by atoms with Crippen LogP contribution in [-0.4, -0.2) is 89.2 Å². The maximum atomic E-state index is 13.1. The highest BCUT2D eigenvalue weighted by Gasteiger charge is 2.50. The normalized spacial score (nSPS) is 19.1. The van der Waals surface area contributed by atoms with Gasteiger partial charge in [-0.05, 0) is 116 Å². The molecule has 0 aromatic rings. The van der Waals surface area contributed by atoms with Gasteiger partial charge in [0.2, 0.25) is 0 Å². The van der Waals surface area contributed by atoms with Crippen molar-refractivity contribution in [3.63, 3.8) is 0 Å². The van der Waals surface area contributed by atoms with Gasteiger partial charge in [0.05, 0.1) is 6.61 Å². The third kappa shape index (κ3) is 40.1. The zero-order valence-corrected chi connectivity index (χ0v) is 46.2. The molecule has 6 atom stereocenters. The lowest BCUT2D eigenvalue weighted by atomic mass is 9.98. The first kappa shape index (κ1) is 68.1. The van der Waals surface area contributed by atoms with Crippen LogP contribution in [0.5, 0.6) is 0 Å². The highest BCUT2D eigenvalue weighted by molar-refractivity contribution is 5.74. The van der Waals surface area contributed by atoms with Crippen LogP contribution in [0.1, 0.15) is 201 Å². The Morgan fingerprint density at radius 1 is 0.453 bits per heavy atom. The number of aliphatic hydroxyl groups is 2. The molecule has 1 aliphatic heterocycles. The topological polar surface area (TPSA) is 175 Å². The maximum Gasteiger partial charge on any atom is 0.335 e. The van der Waals surface area contributed by atoms with Crippen molar-refractivity contribution in [2.45, 2.75) is 237 Å². The van der Waals surface area contributed by atoms with Gasteiger partial charge in [-0.25, -0.2) is 4.79 Å². The molecule has 1 aliphatic rings. The molecule has 0 aliphatic carbocycles. The van der Waals surface area contributed by atoms with E-state index < -0.39 is 67.3 Å². The quantitative estimate of drug-likeness (QED) is 0.0228. The van der Waals surface area contributed by atoms with Gasteiger partial charge in [-0.1, -0.05) is 187 Å². The van der Waals surface area contributed by atoms with Gasteiger partial charge in [0.15, 0.2) is 24.6 Å². The first-order valence-electron chi connectivity index (χ1n) is 28.5. The summed E-state index contributed by atoms with van der Waals surface area (Å²) in [6, 6.07) is 0. The fourth-order valence-corrected chi connectivity index (χ4v) is 7.69. The van der Waals surface area contributed by atoms with E-state index in [9.17, 15) is 34.5 Å². The van der Waals surface area contributed by atoms with Gasteiger partial charge in [-0.2, -0.15) is 0 Å². The standard InChI is InChI=1S/C63H98O12/c1-4-7-10-13-16-19-22-25-27-28-30-33-36-39-42-45-48-51-57(66)74-61-59(68)58(67)60(62(69)70)75-63(61)72-53-54(73-56(65)50-47-44-41-38-35-31-24-21-18-15-12-9-6-3)52-71-55(64)49-46-43-40-37-34-32-29-26-23-20-17-14-11-8-5-2/h7,9-10,12,16-21,25-27,29-31,33,35,41,44,54,58-61,63,67-68H,4-6,8,11,13-15,22-24,28,32,34,36-40,42-43,45-53H2,1-3H3,(H,69,70)/b10-7-,12-9-,19-16-,20-17-,21-18-,27-25-,29-26-,33-30-,35-31-,44-41-. The van der Waals surface area contributed by atoms with Gasteiger partial charge in [0, 0.05) is 19.3 Å². The van der Waals surface area contributed by atoms with Crippen LogP contribution in [-0.2, 0) is 42.9 Å². The van der Waals surface area contributed by atoms with Crippen LogP contribution in [0, 0.1) is 0 Å². The van der Waals surface area contributed by atoms with E-state index in [4.69, 9.17) is 23.7 Å². The molecule has 0 aromatic heterocycles. The molecule has 0 saturated carbocycles. The van der Waals surface area contributed by atoms with E-state index in [1.54, 1.807) is 0 Å². The summed E-state index contributed by atoms with van der Waals surface area (Å²) < 4.78 is 28.2. The van der Waals surface area contributed by atoms with Crippen LogP contribution in [0.4, 0.5) is 0 Å². The number of aliphatic hydroxyl groups excluding tert-OH is 2. The number of carboxylic acids is 1. The molecule has 12 nitrogen and oxygen atoms in total. The van der Waals surface area contributed by atoms with Crippen LogP contribution >= 0.6 is 0 Å². The predicted molar refractivity (Wildman–Crippen MR) is 303 cm³/mol. The minimum Gasteiger partial charge on any atom is -0.479 e. The summed E-state index contributed by atoms with van der Waals surface area (Å²) in [5.41, 5.74) is 0. The minimum atomic E-state index is -1.93. The predicted octanol–water partition coefficient (Wildman–Crippen LogP) is 14.4. The minimum absolute atomic E-state index is 0.0164. The van der Waals surface area contributed by atoms with E-state index in [1.807, 2.05) is 12.2 Å². The van der Waals surface area contributed by atoms with Crippen molar-refractivity contribution >= 4 is 23.9 Å². The van der Waals surface area contributed by atoms with Crippen LogP contribution < -0.4 is 0 Å². The van der Waals surface area contributed by atoms with E-state index >= 15 is 0 Å². The van der Waals surface area contributed by atoms with Crippen molar-refractivity contribution in [1.29, 1.82) is 0 Å². The lowest BCUT2D eigenvalue weighted by Crippen LogP contribution is -2.61. The average molecular weight is 1050 g/mol. The van der Waals surface area contributed by atoms with Crippen molar-refractivity contribution in [2.24, 2.45) is 0 Å². The van der Waals surface area contributed by atoms with Crippen LogP contribution in [0.3, 0.4) is 0 Å². The molecule has 0 amide bonds. The third-order valence-electron chi connectivity index (χ3n) is 12.0. The number of aliphatic carboxylic acids is 1. The monoisotopic (exact) mass is 1050 g/mol. The summed E-state index contributed by atoms with van der Waals surface area (Å²) >= 11 is 0. The Kier molecular flexibility index (Phi) is 45.4. The number of allylic oxidation sites excluding steroid dienone is 20. The molecule has 0 aromatic carbocycles. The van der Waals surface area contributed by atoms with E-state index in [0.717, 1.165) is 116 Å². The summed E-state index contributed by atoms with van der Waals surface area (Å²) in [4.78, 5) is 51.0. The molecule has 1 rings (SSSR count). The lowest BCUT2D eigenvalue weighted by Gasteiger charge is -2.40. The third-order valence-corrected chi connectivity index (χ3v) is 12.0. The van der Waals surface area contributed by atoms with E-state index in [0.29, 0.717) is 25.7 Å². The Labute approximate surface area is 452 Å². The number of hydrogen-bond acceptors (Lipinski definition) is 11. The highest BCUT2D eigenvalue weighted by atomic mass is 16.7. The van der Waals surface area contributed by atoms with Crippen LogP contribution in [0.2, 0.25) is 0 Å². The summed E-state index contributed by atoms with van der Waals surface area (Å²) in [5, 5.41) is 31.4. The van der Waals surface area contributed by atoms with E-state index in [2.05, 4.69) is 130 Å². The second-order valence-corrected chi connectivity index (χ2v) is 18.8. The second kappa shape index (κ2) is 50.0. The Bertz CT molecular complexity index is 1770. The Balaban J connectivity index is 2.77. The Hall–Kier alpha value is -4.88. The summed E-state index contributed by atoms with van der Waals surface area (Å²) in [6.45, 7) is 5.63. The van der Waals surface area contributed by atoms with Crippen molar-refractivity contribution < 1.29 is 58.2 Å². The number of ether oxygens (including phenoxy) is 5. The van der Waals surface area contributed by atoms with Crippen molar-refractivity contribution in [3.05, 3.63) is 122 Å². The molecular weight excluding hydrogens is 949 g/mol. The first-order chi connectivity index (χ1) is 36.6. The van der Waals surface area contributed by atoms with E-state index in [1.165, 1.54) is 19.3 Å². The largest absolute Gasteiger partial charge is 0.479 e. The van der Waals surface area contributed by atoms with Gasteiger partial charge in [-0.3, -0.25) is 14.4 Å². The molecule has 75 heavy (non-hydrogen) atoms. The van der Waals surface area contributed by atoms with Gasteiger partial charge in [0.25, 0.3) is 0 Å². The smallest absolute Gasteiger partial charge is 0.335 e. The molecule has 0 bridgehead atoms. The van der Waals surface area contributed by atoms with Gasteiger partial charge >= 0.3 is 23.9 Å². The molecule has 3 N–H and O–H groups in total. The van der Waals surface area contributed by atoms with Crippen LogP contribution in [0.25, 0.3) is 0 Å². The van der Waals surface area contributed by atoms with Crippen molar-refractivity contribution in [2.75, 3.05) is 13.2 Å². The molecule has 1 fully saturated rings. The number of hydrogen-bond donors (Lipinski definition) is 3. The molecule has 1 heterocycles. The van der Waals surface area contributed by atoms with Crippen LogP contribution in [0.15, 0.2) is 122 Å². The van der Waals surface area contributed by atoms with Gasteiger partial charge in [0.1, 0.15) is 18.8 Å². The Morgan fingerprint density at radius 2 is 0.867 bits per heavy atom. The zero-order chi connectivity index (χ0) is 54.7. The molecule has 422 valence electrons. The van der Waals surface area contributed by atoms with Crippen molar-refractivity contribution in [1.82, 2.24) is 0 Å². The highest BCUT2D eigenvalue weighted by Crippen LogP contribution is 2.26. The zero-order valence-electron chi connectivity index (χ0n) is 46.2. The summed E-state index contributed by atoms with van der Waals surface area (Å²) in [5.74, 6) is -3.30. The number of carbonyl (C=O) groups excluding carboxylic acids is 3. The fraction of sp³-hybridized carbons (Fsp3) is 0.619. The Morgan fingerprint density at radius 3 is 1.33 bits per heavy atom. The number of rotatable bonds is 46. The van der Waals surface area contributed by atoms with Gasteiger partial charge < -0.3 is 39.0 Å². The van der Waals surface area contributed by atoms with Gasteiger partial charge in [-0.15, -0.1) is 0 Å². The SMILES string of the molecule is CC/C=C\C/C=C\C/C=C\C/C=C\CCCCCCC(=O)OC1C(OCC(COC(=O)CCCCCCC/C=C\C/C=C\CCCCC)OC(=O)CC/C=C\C/C=C\C/C=C\C/C=C\CC)OC(C(=O)O)C(O)C1O. The average Bonchev–Trinajstić information content (AvgIpc) is 3.39. The molecule has 12 heteroatoms. The molecule has 0 spiro atoms. The number of carboxylic acid groups (broad SMARTS) is 1. The summed E-state index contributed by atoms with van der Waals surface area (Å²) in [6.07, 6.45) is 56.1. The first-order valence-corrected chi connectivity index (χ1v) is 28.5. The van der Waals surface area contributed by atoms with Crippen molar-refractivity contribution in [3.8, 4) is 0 Å². The van der Waals surface area contributed by atoms with E-state index in [-0.39, 0.29) is 25.9 Å². The maximum absolute atomic E-state index is 13.1. The second-order valence-electron chi connectivity index (χ2n) is 18.8. The number of carbonyl (C=O) groups is 4.